The van der Waals surface area contributed by atoms with Crippen molar-refractivity contribution < 1.29 is 4.42 Å². The van der Waals surface area contributed by atoms with Crippen molar-refractivity contribution in [1.82, 2.24) is 5.32 Å². The van der Waals surface area contributed by atoms with Crippen molar-refractivity contribution in [1.29, 1.82) is 0 Å². The van der Waals surface area contributed by atoms with E-state index < -0.39 is 0 Å². The largest absolute Gasteiger partial charge is 0.466 e. The quantitative estimate of drug-likeness (QED) is 0.896. The molecule has 1 aromatic rings. The van der Waals surface area contributed by atoms with Crippen LogP contribution in [0.1, 0.15) is 50.5 Å². The minimum Gasteiger partial charge on any atom is -0.466 e. The third-order valence-electron chi connectivity index (χ3n) is 5.98. The molecule has 2 atom stereocenters. The van der Waals surface area contributed by atoms with E-state index in [1.54, 1.807) is 0 Å². The van der Waals surface area contributed by atoms with Gasteiger partial charge in [0, 0.05) is 11.5 Å². The van der Waals surface area contributed by atoms with Crippen molar-refractivity contribution in [2.24, 2.45) is 17.8 Å². The molecule has 2 unspecified atom stereocenters. The fourth-order valence-electron chi connectivity index (χ4n) is 5.61. The van der Waals surface area contributed by atoms with Crippen molar-refractivity contribution in [2.75, 3.05) is 6.54 Å². The monoisotopic (exact) mass is 259 g/mol. The zero-order chi connectivity index (χ0) is 13.0. The second-order valence-corrected chi connectivity index (χ2v) is 7.24. The first-order valence-corrected chi connectivity index (χ1v) is 8.00. The summed E-state index contributed by atoms with van der Waals surface area (Å²) in [5.41, 5.74) is 0.386. The number of hydrogen-bond donors (Lipinski definition) is 1. The van der Waals surface area contributed by atoms with Gasteiger partial charge in [-0.25, -0.2) is 0 Å². The molecule has 4 saturated carbocycles. The summed E-state index contributed by atoms with van der Waals surface area (Å²) in [5.74, 6) is 5.10. The average molecular weight is 259 g/mol. The van der Waals surface area contributed by atoms with Crippen molar-refractivity contribution in [2.45, 2.75) is 57.4 Å². The highest BCUT2D eigenvalue weighted by Crippen LogP contribution is 2.60. The summed E-state index contributed by atoms with van der Waals surface area (Å²) in [6.45, 7) is 5.44. The molecule has 19 heavy (non-hydrogen) atoms. The minimum atomic E-state index is 0.386. The molecule has 0 aromatic carbocycles. The van der Waals surface area contributed by atoms with E-state index >= 15 is 0 Å². The van der Waals surface area contributed by atoms with Gasteiger partial charge in [-0.2, -0.15) is 0 Å². The van der Waals surface area contributed by atoms with Gasteiger partial charge in [0.2, 0.25) is 0 Å². The summed E-state index contributed by atoms with van der Waals surface area (Å²) in [6.07, 6.45) is 6.99. The first kappa shape index (κ1) is 12.0. The van der Waals surface area contributed by atoms with Crippen molar-refractivity contribution in [3.8, 4) is 0 Å². The van der Waals surface area contributed by atoms with Gasteiger partial charge in [0.15, 0.2) is 0 Å². The highest BCUT2D eigenvalue weighted by molar-refractivity contribution is 5.24. The first-order chi connectivity index (χ1) is 9.20. The predicted octanol–water partition coefficient (Wildman–Crippen LogP) is 3.64. The molecule has 5 rings (SSSR count). The molecule has 2 nitrogen and oxygen atoms in total. The molecule has 0 spiro atoms. The number of nitrogens with one attached hydrogen (secondary N) is 1. The Morgan fingerprint density at radius 3 is 2.53 bits per heavy atom. The van der Waals surface area contributed by atoms with Crippen molar-refractivity contribution in [3.63, 3.8) is 0 Å². The van der Waals surface area contributed by atoms with E-state index in [2.05, 4.69) is 31.3 Å². The third-order valence-corrected chi connectivity index (χ3v) is 5.98. The Kier molecular flexibility index (Phi) is 2.60. The van der Waals surface area contributed by atoms with E-state index in [4.69, 9.17) is 4.42 Å². The van der Waals surface area contributed by atoms with Gasteiger partial charge < -0.3 is 9.73 Å². The Labute approximate surface area is 116 Å². The topological polar surface area (TPSA) is 25.2 Å². The summed E-state index contributed by atoms with van der Waals surface area (Å²) in [7, 11) is 0. The molecule has 4 bridgehead atoms. The summed E-state index contributed by atoms with van der Waals surface area (Å²) >= 11 is 0. The van der Waals surface area contributed by atoms with Crippen LogP contribution in [0.5, 0.6) is 0 Å². The molecule has 0 aliphatic heterocycles. The second-order valence-electron chi connectivity index (χ2n) is 7.24. The van der Waals surface area contributed by atoms with Gasteiger partial charge in [0.05, 0.1) is 0 Å². The van der Waals surface area contributed by atoms with Gasteiger partial charge in [-0.15, -0.1) is 0 Å². The number of aryl methyl sites for hydroxylation is 1. The molecule has 4 fully saturated rings. The molecule has 1 heterocycles. The summed E-state index contributed by atoms with van der Waals surface area (Å²) in [5, 5.41) is 3.77. The molecular weight excluding hydrogens is 234 g/mol. The minimum absolute atomic E-state index is 0.386. The smallest absolute Gasteiger partial charge is 0.110 e. The van der Waals surface area contributed by atoms with E-state index in [0.717, 1.165) is 36.1 Å². The van der Waals surface area contributed by atoms with E-state index in [0.29, 0.717) is 5.41 Å². The standard InChI is InChI=1S/C17H25NO/c1-3-18-16-13-6-12-7-14(16)10-17(8-12,9-13)15-5-4-11(2)19-15/h4-5,12-14,16,18H,3,6-10H2,1-2H3. The maximum Gasteiger partial charge on any atom is 0.110 e. The predicted molar refractivity (Wildman–Crippen MR) is 76.1 cm³/mol. The van der Waals surface area contributed by atoms with Crippen LogP contribution < -0.4 is 5.32 Å². The Morgan fingerprint density at radius 1 is 1.21 bits per heavy atom. The SMILES string of the molecule is CCNC1C2CC3CC1CC(c1ccc(C)o1)(C3)C2. The van der Waals surface area contributed by atoms with Gasteiger partial charge in [0.25, 0.3) is 0 Å². The molecule has 0 amide bonds. The van der Waals surface area contributed by atoms with Crippen LogP contribution in [0.15, 0.2) is 16.5 Å². The number of furan rings is 1. The van der Waals surface area contributed by atoms with Crippen molar-refractivity contribution in [3.05, 3.63) is 23.7 Å². The lowest BCUT2D eigenvalue weighted by Crippen LogP contribution is -2.59. The summed E-state index contributed by atoms with van der Waals surface area (Å²) in [4.78, 5) is 0. The van der Waals surface area contributed by atoms with Crippen LogP contribution in [-0.4, -0.2) is 12.6 Å². The van der Waals surface area contributed by atoms with Gasteiger partial charge in [-0.3, -0.25) is 0 Å². The van der Waals surface area contributed by atoms with Crippen LogP contribution in [0.3, 0.4) is 0 Å². The fraction of sp³-hybridized carbons (Fsp3) is 0.765. The summed E-state index contributed by atoms with van der Waals surface area (Å²) in [6, 6.07) is 5.19. The van der Waals surface area contributed by atoms with Gasteiger partial charge in [-0.1, -0.05) is 6.92 Å². The molecule has 2 heteroatoms. The lowest BCUT2D eigenvalue weighted by molar-refractivity contribution is -0.0427. The molecule has 4 aliphatic carbocycles. The Morgan fingerprint density at radius 2 is 1.95 bits per heavy atom. The normalized spacial score (nSPS) is 43.9. The van der Waals surface area contributed by atoms with Gasteiger partial charge in [-0.05, 0) is 75.5 Å². The highest BCUT2D eigenvalue weighted by atomic mass is 16.3. The van der Waals surface area contributed by atoms with Crippen molar-refractivity contribution >= 4 is 0 Å². The van der Waals surface area contributed by atoms with Crippen LogP contribution in [-0.2, 0) is 5.41 Å². The van der Waals surface area contributed by atoms with E-state index in [1.807, 2.05) is 0 Å². The maximum atomic E-state index is 6.04. The number of rotatable bonds is 3. The second kappa shape index (κ2) is 4.12. The molecule has 4 aliphatic rings. The van der Waals surface area contributed by atoms with Gasteiger partial charge >= 0.3 is 0 Å². The van der Waals surface area contributed by atoms with Crippen LogP contribution >= 0.6 is 0 Å². The maximum absolute atomic E-state index is 6.04. The first-order valence-electron chi connectivity index (χ1n) is 8.00. The lowest BCUT2D eigenvalue weighted by atomic mass is 9.47. The van der Waals surface area contributed by atoms with Gasteiger partial charge in [0.1, 0.15) is 11.5 Å². The van der Waals surface area contributed by atoms with Crippen LogP contribution in [0, 0.1) is 24.7 Å². The van der Waals surface area contributed by atoms with Crippen LogP contribution in [0.2, 0.25) is 0 Å². The molecule has 0 saturated heterocycles. The molecule has 1 aromatic heterocycles. The highest BCUT2D eigenvalue weighted by Gasteiger charge is 2.56. The Balaban J connectivity index is 1.67. The Hall–Kier alpha value is -0.760. The zero-order valence-electron chi connectivity index (χ0n) is 12.1. The van der Waals surface area contributed by atoms with E-state index in [9.17, 15) is 0 Å². The third kappa shape index (κ3) is 1.72. The Bertz CT molecular complexity index is 461. The molecular formula is C17H25NO. The molecule has 0 radical (unpaired) electrons. The number of hydrogen-bond acceptors (Lipinski definition) is 2. The average Bonchev–Trinajstić information content (AvgIpc) is 2.80. The van der Waals surface area contributed by atoms with Crippen LogP contribution in [0.4, 0.5) is 0 Å². The van der Waals surface area contributed by atoms with E-state index in [-0.39, 0.29) is 0 Å². The van der Waals surface area contributed by atoms with Crippen LogP contribution in [0.25, 0.3) is 0 Å². The molecule has 1 N–H and O–H groups in total. The lowest BCUT2D eigenvalue weighted by Gasteiger charge is -2.59. The zero-order valence-corrected chi connectivity index (χ0v) is 12.1. The fourth-order valence-corrected chi connectivity index (χ4v) is 5.61. The van der Waals surface area contributed by atoms with E-state index in [1.165, 1.54) is 37.9 Å². The summed E-state index contributed by atoms with van der Waals surface area (Å²) < 4.78 is 6.04. The molecule has 104 valence electrons.